The summed E-state index contributed by atoms with van der Waals surface area (Å²) in [5.41, 5.74) is 0.616. The van der Waals surface area contributed by atoms with Crippen LogP contribution in [0.4, 0.5) is 0 Å². The SMILES string of the molecule is CC1(C)CCCN(C(=O)c2cc3ccccc3c(Cl)n2)C1. The van der Waals surface area contributed by atoms with Crippen LogP contribution in [0, 0.1) is 5.41 Å². The van der Waals surface area contributed by atoms with Crippen molar-refractivity contribution in [2.75, 3.05) is 13.1 Å². The van der Waals surface area contributed by atoms with Crippen LogP contribution in [0.15, 0.2) is 30.3 Å². The van der Waals surface area contributed by atoms with Crippen LogP contribution < -0.4 is 0 Å². The summed E-state index contributed by atoms with van der Waals surface area (Å²) in [6.45, 7) is 5.98. The molecule has 0 spiro atoms. The molecule has 3 rings (SSSR count). The quantitative estimate of drug-likeness (QED) is 0.741. The molecule has 3 nitrogen and oxygen atoms in total. The van der Waals surface area contributed by atoms with E-state index < -0.39 is 0 Å². The minimum atomic E-state index is -0.0181. The number of aromatic nitrogens is 1. The Balaban J connectivity index is 1.94. The zero-order valence-electron chi connectivity index (χ0n) is 12.4. The molecule has 1 aliphatic rings. The van der Waals surface area contributed by atoms with Gasteiger partial charge in [0, 0.05) is 18.5 Å². The van der Waals surface area contributed by atoms with Gasteiger partial charge in [0.1, 0.15) is 10.8 Å². The normalized spacial score (nSPS) is 18.0. The van der Waals surface area contributed by atoms with E-state index in [9.17, 15) is 4.79 Å². The zero-order chi connectivity index (χ0) is 15.0. The molecule has 1 fully saturated rings. The number of benzene rings is 1. The van der Waals surface area contributed by atoms with E-state index in [4.69, 9.17) is 11.6 Å². The van der Waals surface area contributed by atoms with E-state index in [0.29, 0.717) is 10.8 Å². The van der Waals surface area contributed by atoms with Crippen molar-refractivity contribution >= 4 is 28.3 Å². The Hall–Kier alpha value is -1.61. The second-order valence-electron chi connectivity index (χ2n) is 6.51. The highest BCUT2D eigenvalue weighted by Gasteiger charge is 2.30. The molecule has 2 aromatic rings. The third kappa shape index (κ3) is 2.88. The van der Waals surface area contributed by atoms with Gasteiger partial charge >= 0.3 is 0 Å². The molecule has 0 saturated carbocycles. The summed E-state index contributed by atoms with van der Waals surface area (Å²) in [5, 5.41) is 2.24. The minimum absolute atomic E-state index is 0.0181. The molecule has 2 heterocycles. The van der Waals surface area contributed by atoms with Crippen molar-refractivity contribution in [2.24, 2.45) is 5.41 Å². The smallest absolute Gasteiger partial charge is 0.272 e. The van der Waals surface area contributed by atoms with E-state index in [1.807, 2.05) is 35.2 Å². The van der Waals surface area contributed by atoms with E-state index in [0.717, 1.165) is 36.7 Å². The molecule has 0 bridgehead atoms. The largest absolute Gasteiger partial charge is 0.337 e. The molecule has 1 aromatic heterocycles. The van der Waals surface area contributed by atoms with Gasteiger partial charge in [-0.2, -0.15) is 0 Å². The van der Waals surface area contributed by atoms with Crippen LogP contribution in [0.3, 0.4) is 0 Å². The van der Waals surface area contributed by atoms with Crippen LogP contribution >= 0.6 is 11.6 Å². The lowest BCUT2D eigenvalue weighted by Gasteiger charge is -2.37. The van der Waals surface area contributed by atoms with Crippen LogP contribution in [0.25, 0.3) is 10.8 Å². The summed E-state index contributed by atoms with van der Waals surface area (Å²) in [6.07, 6.45) is 2.20. The number of piperidine rings is 1. The first kappa shape index (κ1) is 14.3. The molecule has 1 aromatic carbocycles. The monoisotopic (exact) mass is 302 g/mol. The van der Waals surface area contributed by atoms with Crippen LogP contribution in [0.1, 0.15) is 37.2 Å². The molecular formula is C17H19ClN2O. The summed E-state index contributed by atoms with van der Waals surface area (Å²) >= 11 is 6.22. The van der Waals surface area contributed by atoms with Gasteiger partial charge in [0.15, 0.2) is 0 Å². The molecule has 21 heavy (non-hydrogen) atoms. The average Bonchev–Trinajstić information content (AvgIpc) is 2.45. The lowest BCUT2D eigenvalue weighted by Crippen LogP contribution is -2.43. The number of amides is 1. The minimum Gasteiger partial charge on any atom is -0.337 e. The van der Waals surface area contributed by atoms with Gasteiger partial charge in [-0.15, -0.1) is 0 Å². The van der Waals surface area contributed by atoms with Crippen LogP contribution in [0.5, 0.6) is 0 Å². The van der Waals surface area contributed by atoms with Crippen molar-refractivity contribution in [3.05, 3.63) is 41.2 Å². The average molecular weight is 303 g/mol. The third-order valence-electron chi connectivity index (χ3n) is 4.10. The summed E-state index contributed by atoms with van der Waals surface area (Å²) in [4.78, 5) is 18.9. The molecule has 0 unspecified atom stereocenters. The van der Waals surface area contributed by atoms with Crippen molar-refractivity contribution in [1.82, 2.24) is 9.88 Å². The second-order valence-corrected chi connectivity index (χ2v) is 6.87. The van der Waals surface area contributed by atoms with Crippen LogP contribution in [0.2, 0.25) is 5.15 Å². The predicted octanol–water partition coefficient (Wildman–Crippen LogP) is 4.15. The van der Waals surface area contributed by atoms with Crippen molar-refractivity contribution in [3.8, 4) is 0 Å². The van der Waals surface area contributed by atoms with E-state index in [-0.39, 0.29) is 11.3 Å². The molecule has 4 heteroatoms. The Kier molecular flexibility index (Phi) is 3.62. The lowest BCUT2D eigenvalue weighted by molar-refractivity contribution is 0.0578. The van der Waals surface area contributed by atoms with E-state index >= 15 is 0 Å². The summed E-state index contributed by atoms with van der Waals surface area (Å²) in [5.74, 6) is -0.0181. The molecule has 110 valence electrons. The Morgan fingerprint density at radius 2 is 2.10 bits per heavy atom. The van der Waals surface area contributed by atoms with Gasteiger partial charge in [-0.3, -0.25) is 4.79 Å². The first-order chi connectivity index (χ1) is 9.96. The van der Waals surface area contributed by atoms with Gasteiger partial charge in [0.25, 0.3) is 5.91 Å². The maximum absolute atomic E-state index is 12.7. The van der Waals surface area contributed by atoms with Crippen molar-refractivity contribution < 1.29 is 4.79 Å². The number of halogens is 1. The topological polar surface area (TPSA) is 33.2 Å². The first-order valence-electron chi connectivity index (χ1n) is 7.31. The number of pyridine rings is 1. The van der Waals surface area contributed by atoms with E-state index in [2.05, 4.69) is 18.8 Å². The molecule has 0 N–H and O–H groups in total. The number of likely N-dealkylation sites (tertiary alicyclic amines) is 1. The number of hydrogen-bond acceptors (Lipinski definition) is 2. The number of nitrogens with zero attached hydrogens (tertiary/aromatic N) is 2. The second kappa shape index (κ2) is 5.30. The Morgan fingerprint density at radius 3 is 2.86 bits per heavy atom. The fourth-order valence-corrected chi connectivity index (χ4v) is 3.29. The Labute approximate surface area is 129 Å². The Morgan fingerprint density at radius 1 is 1.33 bits per heavy atom. The highest BCUT2D eigenvalue weighted by Crippen LogP contribution is 2.30. The molecule has 1 amide bonds. The fraction of sp³-hybridized carbons (Fsp3) is 0.412. The Bertz CT molecular complexity index is 696. The zero-order valence-corrected chi connectivity index (χ0v) is 13.2. The van der Waals surface area contributed by atoms with Crippen molar-refractivity contribution in [3.63, 3.8) is 0 Å². The molecule has 0 radical (unpaired) electrons. The maximum Gasteiger partial charge on any atom is 0.272 e. The molecule has 1 aliphatic heterocycles. The number of carbonyl (C=O) groups is 1. The van der Waals surface area contributed by atoms with Gasteiger partial charge < -0.3 is 4.90 Å². The van der Waals surface area contributed by atoms with Gasteiger partial charge in [-0.1, -0.05) is 49.7 Å². The summed E-state index contributed by atoms with van der Waals surface area (Å²) in [6, 6.07) is 9.58. The van der Waals surface area contributed by atoms with E-state index in [1.54, 1.807) is 0 Å². The predicted molar refractivity (Wildman–Crippen MR) is 85.7 cm³/mol. The number of fused-ring (bicyclic) bond motifs is 1. The summed E-state index contributed by atoms with van der Waals surface area (Å²) < 4.78 is 0. The standard InChI is InChI=1S/C17H19ClN2O/c1-17(2)8-5-9-20(11-17)16(21)14-10-12-6-3-4-7-13(12)15(18)19-14/h3-4,6-7,10H,5,8-9,11H2,1-2H3. The van der Waals surface area contributed by atoms with Crippen molar-refractivity contribution in [1.29, 1.82) is 0 Å². The maximum atomic E-state index is 12.7. The third-order valence-corrected chi connectivity index (χ3v) is 4.39. The van der Waals surface area contributed by atoms with Gasteiger partial charge in [0.05, 0.1) is 0 Å². The van der Waals surface area contributed by atoms with Gasteiger partial charge in [0.2, 0.25) is 0 Å². The van der Waals surface area contributed by atoms with Crippen molar-refractivity contribution in [2.45, 2.75) is 26.7 Å². The van der Waals surface area contributed by atoms with Gasteiger partial charge in [-0.25, -0.2) is 4.98 Å². The molecule has 1 saturated heterocycles. The number of hydrogen-bond donors (Lipinski definition) is 0. The molecule has 0 atom stereocenters. The lowest BCUT2D eigenvalue weighted by atomic mass is 9.84. The van der Waals surface area contributed by atoms with E-state index in [1.165, 1.54) is 0 Å². The fourth-order valence-electron chi connectivity index (χ4n) is 3.02. The number of rotatable bonds is 1. The van der Waals surface area contributed by atoms with Gasteiger partial charge in [-0.05, 0) is 29.7 Å². The highest BCUT2D eigenvalue weighted by atomic mass is 35.5. The first-order valence-corrected chi connectivity index (χ1v) is 7.69. The van der Waals surface area contributed by atoms with Crippen LogP contribution in [-0.2, 0) is 0 Å². The van der Waals surface area contributed by atoms with Crippen LogP contribution in [-0.4, -0.2) is 28.9 Å². The molecular weight excluding hydrogens is 284 g/mol. The summed E-state index contributed by atoms with van der Waals surface area (Å²) in [7, 11) is 0. The highest BCUT2D eigenvalue weighted by molar-refractivity contribution is 6.34. The number of carbonyl (C=O) groups excluding carboxylic acids is 1. The molecule has 0 aliphatic carbocycles.